The van der Waals surface area contributed by atoms with Gasteiger partial charge >= 0.3 is 6.18 Å². The molecule has 1 saturated carbocycles. The van der Waals surface area contributed by atoms with Crippen molar-refractivity contribution in [2.75, 3.05) is 19.6 Å². The number of aromatic nitrogens is 3. The first-order valence-electron chi connectivity index (χ1n) is 11.0. The van der Waals surface area contributed by atoms with Crippen LogP contribution in [0.2, 0.25) is 0 Å². The summed E-state index contributed by atoms with van der Waals surface area (Å²) in [6.07, 6.45) is -0.411. The fourth-order valence-corrected chi connectivity index (χ4v) is 4.41. The number of rotatable bonds is 6. The molecule has 1 saturated heterocycles. The molecule has 1 aromatic rings. The third-order valence-corrected chi connectivity index (χ3v) is 6.50. The summed E-state index contributed by atoms with van der Waals surface area (Å²) in [5, 5.41) is 15.0. The molecule has 2 aliphatic rings. The molecule has 1 atom stereocenters. The van der Waals surface area contributed by atoms with Crippen LogP contribution in [0.4, 0.5) is 13.2 Å². The molecule has 30 heavy (non-hydrogen) atoms. The Hall–Kier alpha value is -1.84. The van der Waals surface area contributed by atoms with E-state index in [1.165, 1.54) is 6.42 Å². The number of nitrogens with one attached hydrogen (secondary N) is 2. The summed E-state index contributed by atoms with van der Waals surface area (Å²) in [7, 11) is 1.90. The number of guanidine groups is 1. The fourth-order valence-electron chi connectivity index (χ4n) is 4.41. The van der Waals surface area contributed by atoms with Crippen molar-refractivity contribution in [2.24, 2.45) is 18.0 Å². The number of alkyl halides is 3. The Morgan fingerprint density at radius 2 is 1.90 bits per heavy atom. The molecule has 2 heterocycles. The zero-order valence-corrected chi connectivity index (χ0v) is 18.2. The Morgan fingerprint density at radius 1 is 1.17 bits per heavy atom. The Bertz CT molecular complexity index is 708. The third-order valence-electron chi connectivity index (χ3n) is 6.50. The van der Waals surface area contributed by atoms with Gasteiger partial charge in [-0.05, 0) is 58.5 Å². The van der Waals surface area contributed by atoms with Crippen molar-refractivity contribution in [1.29, 1.82) is 0 Å². The van der Waals surface area contributed by atoms with Crippen molar-refractivity contribution in [3.05, 3.63) is 11.6 Å². The molecule has 2 N–H and O–H groups in total. The number of hydrogen-bond donors (Lipinski definition) is 2. The lowest BCUT2D eigenvalue weighted by Crippen LogP contribution is -2.49. The molecule has 3 rings (SSSR count). The zero-order chi connectivity index (χ0) is 21.7. The molecule has 1 unspecified atom stereocenters. The van der Waals surface area contributed by atoms with Crippen LogP contribution in [0.25, 0.3) is 0 Å². The van der Waals surface area contributed by atoms with Crippen LogP contribution in [-0.2, 0) is 13.6 Å². The van der Waals surface area contributed by atoms with Gasteiger partial charge in [0, 0.05) is 25.7 Å². The van der Waals surface area contributed by atoms with Crippen molar-refractivity contribution in [1.82, 2.24) is 30.3 Å². The SMILES string of the molecule is CCN1CCCC1CNC(=NCc1nnc(C)n1C)NC1CCC(C(F)(F)F)CC1. The minimum atomic E-state index is -4.09. The number of hydrogen-bond acceptors (Lipinski definition) is 4. The average molecular weight is 430 g/mol. The monoisotopic (exact) mass is 429 g/mol. The number of nitrogens with zero attached hydrogens (tertiary/aromatic N) is 5. The van der Waals surface area contributed by atoms with Gasteiger partial charge in [0.1, 0.15) is 12.4 Å². The van der Waals surface area contributed by atoms with E-state index in [9.17, 15) is 13.2 Å². The van der Waals surface area contributed by atoms with Crippen LogP contribution in [0.3, 0.4) is 0 Å². The predicted octanol–water partition coefficient (Wildman–Crippen LogP) is 2.76. The number of halogens is 3. The summed E-state index contributed by atoms with van der Waals surface area (Å²) in [6.45, 7) is 7.33. The summed E-state index contributed by atoms with van der Waals surface area (Å²) in [4.78, 5) is 7.12. The summed E-state index contributed by atoms with van der Waals surface area (Å²) in [5.74, 6) is 1.04. The van der Waals surface area contributed by atoms with Crippen molar-refractivity contribution in [3.8, 4) is 0 Å². The predicted molar refractivity (Wildman–Crippen MR) is 110 cm³/mol. The molecule has 0 bridgehead atoms. The summed E-state index contributed by atoms with van der Waals surface area (Å²) < 4.78 is 40.8. The van der Waals surface area contributed by atoms with Crippen LogP contribution in [0.5, 0.6) is 0 Å². The smallest absolute Gasteiger partial charge is 0.355 e. The van der Waals surface area contributed by atoms with E-state index in [0.29, 0.717) is 31.4 Å². The van der Waals surface area contributed by atoms with Crippen LogP contribution in [0.15, 0.2) is 4.99 Å². The number of likely N-dealkylation sites (N-methyl/N-ethyl adjacent to an activating group) is 1. The highest BCUT2D eigenvalue weighted by atomic mass is 19.4. The van der Waals surface area contributed by atoms with E-state index in [0.717, 1.165) is 37.7 Å². The normalized spacial score (nSPS) is 26.2. The van der Waals surface area contributed by atoms with Crippen molar-refractivity contribution in [2.45, 2.75) is 77.2 Å². The van der Waals surface area contributed by atoms with E-state index in [1.54, 1.807) is 0 Å². The second-order valence-corrected chi connectivity index (χ2v) is 8.43. The van der Waals surface area contributed by atoms with Gasteiger partial charge in [0.25, 0.3) is 0 Å². The first-order chi connectivity index (χ1) is 14.3. The van der Waals surface area contributed by atoms with E-state index in [-0.39, 0.29) is 18.9 Å². The lowest BCUT2D eigenvalue weighted by atomic mass is 9.85. The number of likely N-dealkylation sites (tertiary alicyclic amines) is 1. The average Bonchev–Trinajstić information content (AvgIpc) is 3.30. The van der Waals surface area contributed by atoms with Crippen LogP contribution in [-0.4, -0.2) is 63.5 Å². The number of aryl methyl sites for hydroxylation is 1. The van der Waals surface area contributed by atoms with Gasteiger partial charge in [-0.3, -0.25) is 4.90 Å². The Balaban J connectivity index is 1.61. The van der Waals surface area contributed by atoms with Crippen LogP contribution in [0, 0.1) is 12.8 Å². The van der Waals surface area contributed by atoms with Gasteiger partial charge < -0.3 is 15.2 Å². The molecule has 0 amide bonds. The highest BCUT2D eigenvalue weighted by Gasteiger charge is 2.41. The molecule has 0 spiro atoms. The van der Waals surface area contributed by atoms with Gasteiger partial charge in [-0.15, -0.1) is 10.2 Å². The molecule has 0 radical (unpaired) electrons. The standard InChI is InChI=1S/C20H34F3N7/c1-4-30-11-5-6-17(30)12-24-19(25-13-18-28-27-14(2)29(18)3)26-16-9-7-15(8-10-16)20(21,22)23/h15-17H,4-13H2,1-3H3,(H2,24,25,26). The van der Waals surface area contributed by atoms with E-state index in [4.69, 9.17) is 0 Å². The Labute approximate surface area is 176 Å². The second kappa shape index (κ2) is 9.98. The minimum absolute atomic E-state index is 0.00180. The van der Waals surface area contributed by atoms with Gasteiger partial charge in [0.2, 0.25) is 0 Å². The molecule has 7 nitrogen and oxygen atoms in total. The van der Waals surface area contributed by atoms with E-state index in [2.05, 4.69) is 37.6 Å². The van der Waals surface area contributed by atoms with E-state index in [1.807, 2.05) is 18.5 Å². The van der Waals surface area contributed by atoms with Gasteiger partial charge in [-0.2, -0.15) is 13.2 Å². The van der Waals surface area contributed by atoms with Gasteiger partial charge in [-0.1, -0.05) is 6.92 Å². The summed E-state index contributed by atoms with van der Waals surface area (Å²) in [6, 6.07) is 0.460. The Kier molecular flexibility index (Phi) is 7.60. The maximum absolute atomic E-state index is 13.0. The highest BCUT2D eigenvalue weighted by Crippen LogP contribution is 2.37. The van der Waals surface area contributed by atoms with Gasteiger partial charge in [0.15, 0.2) is 11.8 Å². The lowest BCUT2D eigenvalue weighted by molar-refractivity contribution is -0.182. The first kappa shape index (κ1) is 22.8. The zero-order valence-electron chi connectivity index (χ0n) is 18.2. The van der Waals surface area contributed by atoms with Crippen molar-refractivity contribution < 1.29 is 13.2 Å². The van der Waals surface area contributed by atoms with Crippen LogP contribution < -0.4 is 10.6 Å². The van der Waals surface area contributed by atoms with Crippen molar-refractivity contribution in [3.63, 3.8) is 0 Å². The molecular weight excluding hydrogens is 395 g/mol. The first-order valence-corrected chi connectivity index (χ1v) is 11.0. The lowest BCUT2D eigenvalue weighted by Gasteiger charge is -2.31. The molecule has 10 heteroatoms. The summed E-state index contributed by atoms with van der Waals surface area (Å²) >= 11 is 0. The highest BCUT2D eigenvalue weighted by molar-refractivity contribution is 5.80. The maximum atomic E-state index is 13.0. The molecule has 1 aromatic heterocycles. The summed E-state index contributed by atoms with van der Waals surface area (Å²) in [5.41, 5.74) is 0. The third kappa shape index (κ3) is 5.86. The number of aliphatic imine (C=N–C) groups is 1. The largest absolute Gasteiger partial charge is 0.391 e. The Morgan fingerprint density at radius 3 is 2.50 bits per heavy atom. The van der Waals surface area contributed by atoms with Crippen LogP contribution >= 0.6 is 0 Å². The molecule has 2 fully saturated rings. The second-order valence-electron chi connectivity index (χ2n) is 8.43. The molecule has 170 valence electrons. The van der Waals surface area contributed by atoms with Crippen LogP contribution in [0.1, 0.15) is 57.1 Å². The maximum Gasteiger partial charge on any atom is 0.391 e. The molecular formula is C20H34F3N7. The van der Waals surface area contributed by atoms with Gasteiger partial charge in [-0.25, -0.2) is 4.99 Å². The quantitative estimate of drug-likeness (QED) is 0.538. The fraction of sp³-hybridized carbons (Fsp3) is 0.850. The minimum Gasteiger partial charge on any atom is -0.355 e. The molecule has 0 aromatic carbocycles. The molecule has 1 aliphatic carbocycles. The van der Waals surface area contributed by atoms with Gasteiger partial charge in [0.05, 0.1) is 5.92 Å². The van der Waals surface area contributed by atoms with E-state index < -0.39 is 12.1 Å². The molecule has 1 aliphatic heterocycles. The topological polar surface area (TPSA) is 70.4 Å². The van der Waals surface area contributed by atoms with E-state index >= 15 is 0 Å². The van der Waals surface area contributed by atoms with Crippen molar-refractivity contribution >= 4 is 5.96 Å².